The lowest BCUT2D eigenvalue weighted by molar-refractivity contribution is -0.137. The van der Waals surface area contributed by atoms with E-state index in [9.17, 15) is 4.79 Å². The van der Waals surface area contributed by atoms with Gasteiger partial charge < -0.3 is 10.0 Å². The van der Waals surface area contributed by atoms with Crippen LogP contribution in [-0.2, 0) is 11.2 Å². The Labute approximate surface area is 137 Å². The van der Waals surface area contributed by atoms with E-state index in [2.05, 4.69) is 47.4 Å². The number of likely N-dealkylation sites (tertiary alicyclic amines) is 1. The molecule has 2 aromatic rings. The van der Waals surface area contributed by atoms with Crippen LogP contribution in [-0.4, -0.2) is 35.6 Å². The van der Waals surface area contributed by atoms with Crippen molar-refractivity contribution in [3.63, 3.8) is 0 Å². The summed E-state index contributed by atoms with van der Waals surface area (Å²) in [4.78, 5) is 13.2. The SMILES string of the molecule is O=C(O)CCC1CCCN(CCc2ccc3ccccc3c2)C1. The molecule has 3 rings (SSSR count). The highest BCUT2D eigenvalue weighted by atomic mass is 16.4. The van der Waals surface area contributed by atoms with Crippen LogP contribution in [0.15, 0.2) is 42.5 Å². The van der Waals surface area contributed by atoms with Crippen molar-refractivity contribution >= 4 is 16.7 Å². The lowest BCUT2D eigenvalue weighted by Gasteiger charge is -2.32. The Morgan fingerprint density at radius 3 is 2.83 bits per heavy atom. The van der Waals surface area contributed by atoms with Crippen molar-refractivity contribution in [3.8, 4) is 0 Å². The molecule has 1 saturated heterocycles. The number of nitrogens with zero attached hydrogens (tertiary/aromatic N) is 1. The van der Waals surface area contributed by atoms with Gasteiger partial charge in [-0.25, -0.2) is 0 Å². The van der Waals surface area contributed by atoms with Crippen LogP contribution < -0.4 is 0 Å². The van der Waals surface area contributed by atoms with Gasteiger partial charge >= 0.3 is 5.97 Å². The quantitative estimate of drug-likeness (QED) is 0.878. The summed E-state index contributed by atoms with van der Waals surface area (Å²) in [5.41, 5.74) is 1.39. The number of carboxylic acids is 1. The monoisotopic (exact) mass is 311 g/mol. The fourth-order valence-electron chi connectivity index (χ4n) is 3.60. The first kappa shape index (κ1) is 16.0. The van der Waals surface area contributed by atoms with Gasteiger partial charge in [0.05, 0.1) is 0 Å². The third-order valence-electron chi connectivity index (χ3n) is 4.90. The summed E-state index contributed by atoms with van der Waals surface area (Å²) in [5.74, 6) is -0.116. The molecule has 3 nitrogen and oxygen atoms in total. The maximum Gasteiger partial charge on any atom is 0.303 e. The molecular formula is C20H25NO2. The maximum atomic E-state index is 10.7. The number of piperidine rings is 1. The zero-order chi connectivity index (χ0) is 16.1. The first-order chi connectivity index (χ1) is 11.2. The molecule has 0 aliphatic carbocycles. The van der Waals surface area contributed by atoms with Crippen LogP contribution in [0.5, 0.6) is 0 Å². The molecular weight excluding hydrogens is 286 g/mol. The van der Waals surface area contributed by atoms with E-state index in [4.69, 9.17) is 5.11 Å². The Hall–Kier alpha value is -1.87. The summed E-state index contributed by atoms with van der Waals surface area (Å²) >= 11 is 0. The van der Waals surface area contributed by atoms with Gasteiger partial charge in [0, 0.05) is 19.5 Å². The number of hydrogen-bond donors (Lipinski definition) is 1. The molecule has 0 bridgehead atoms. The van der Waals surface area contributed by atoms with Crippen LogP contribution in [0.25, 0.3) is 10.8 Å². The summed E-state index contributed by atoms with van der Waals surface area (Å²) in [6, 6.07) is 15.2. The van der Waals surface area contributed by atoms with E-state index in [1.807, 2.05) is 0 Å². The summed E-state index contributed by atoms with van der Waals surface area (Å²) in [7, 11) is 0. The van der Waals surface area contributed by atoms with Crippen LogP contribution in [0.3, 0.4) is 0 Å². The Kier molecular flexibility index (Phi) is 5.29. The number of carboxylic acid groups (broad SMARTS) is 1. The lowest BCUT2D eigenvalue weighted by Crippen LogP contribution is -2.36. The molecule has 23 heavy (non-hydrogen) atoms. The van der Waals surface area contributed by atoms with E-state index in [1.54, 1.807) is 0 Å². The summed E-state index contributed by atoms with van der Waals surface area (Å²) in [6.45, 7) is 3.28. The summed E-state index contributed by atoms with van der Waals surface area (Å²) in [6.07, 6.45) is 4.57. The first-order valence-electron chi connectivity index (χ1n) is 8.62. The standard InChI is InChI=1S/C20H25NO2/c22-20(23)10-8-17-4-3-12-21(15-17)13-11-16-7-9-18-5-1-2-6-19(18)14-16/h1-2,5-7,9,14,17H,3-4,8,10-13,15H2,(H,22,23). The Balaban J connectivity index is 1.53. The topological polar surface area (TPSA) is 40.5 Å². The number of benzene rings is 2. The average molecular weight is 311 g/mol. The van der Waals surface area contributed by atoms with Gasteiger partial charge in [0.2, 0.25) is 0 Å². The molecule has 1 N–H and O–H groups in total. The zero-order valence-electron chi connectivity index (χ0n) is 13.6. The minimum absolute atomic E-state index is 0.309. The largest absolute Gasteiger partial charge is 0.481 e. The first-order valence-corrected chi connectivity index (χ1v) is 8.62. The third kappa shape index (κ3) is 4.55. The molecule has 1 aliphatic rings. The van der Waals surface area contributed by atoms with Gasteiger partial charge in [0.1, 0.15) is 0 Å². The van der Waals surface area contributed by atoms with Crippen molar-refractivity contribution in [2.45, 2.75) is 32.1 Å². The normalized spacial score (nSPS) is 19.0. The minimum atomic E-state index is -0.668. The van der Waals surface area contributed by atoms with Crippen molar-refractivity contribution in [3.05, 3.63) is 48.0 Å². The van der Waals surface area contributed by atoms with Crippen LogP contribution >= 0.6 is 0 Å². The molecule has 0 aromatic heterocycles. The van der Waals surface area contributed by atoms with Gasteiger partial charge in [-0.1, -0.05) is 42.5 Å². The van der Waals surface area contributed by atoms with Crippen molar-refractivity contribution in [2.24, 2.45) is 5.92 Å². The molecule has 3 heteroatoms. The van der Waals surface area contributed by atoms with Crippen molar-refractivity contribution in [2.75, 3.05) is 19.6 Å². The molecule has 1 unspecified atom stereocenters. The minimum Gasteiger partial charge on any atom is -0.481 e. The van der Waals surface area contributed by atoms with Crippen LogP contribution in [0.1, 0.15) is 31.2 Å². The van der Waals surface area contributed by atoms with Gasteiger partial charge in [0.25, 0.3) is 0 Å². The fraction of sp³-hybridized carbons (Fsp3) is 0.450. The number of fused-ring (bicyclic) bond motifs is 1. The van der Waals surface area contributed by atoms with E-state index in [0.717, 1.165) is 32.5 Å². The Morgan fingerprint density at radius 1 is 1.17 bits per heavy atom. The van der Waals surface area contributed by atoms with Gasteiger partial charge in [-0.05, 0) is 54.5 Å². The zero-order valence-corrected chi connectivity index (χ0v) is 13.6. The molecule has 0 radical (unpaired) electrons. The molecule has 1 heterocycles. The molecule has 1 fully saturated rings. The van der Waals surface area contributed by atoms with Gasteiger partial charge in [-0.15, -0.1) is 0 Å². The van der Waals surface area contributed by atoms with Crippen LogP contribution in [0, 0.1) is 5.92 Å². The lowest BCUT2D eigenvalue weighted by atomic mass is 9.93. The summed E-state index contributed by atoms with van der Waals surface area (Å²) < 4.78 is 0. The van der Waals surface area contributed by atoms with Crippen LogP contribution in [0.4, 0.5) is 0 Å². The fourth-order valence-corrected chi connectivity index (χ4v) is 3.60. The summed E-state index contributed by atoms with van der Waals surface area (Å²) in [5, 5.41) is 11.4. The van der Waals surface area contributed by atoms with E-state index < -0.39 is 5.97 Å². The second-order valence-corrected chi connectivity index (χ2v) is 6.67. The molecule has 1 atom stereocenters. The maximum absolute atomic E-state index is 10.7. The van der Waals surface area contributed by atoms with Gasteiger partial charge in [0.15, 0.2) is 0 Å². The van der Waals surface area contributed by atoms with Gasteiger partial charge in [-0.2, -0.15) is 0 Å². The molecule has 122 valence electrons. The predicted octanol–water partition coefficient (Wildman–Crippen LogP) is 3.96. The van der Waals surface area contributed by atoms with E-state index in [0.29, 0.717) is 12.3 Å². The molecule has 1 aliphatic heterocycles. The Morgan fingerprint density at radius 2 is 2.00 bits per heavy atom. The highest BCUT2D eigenvalue weighted by Gasteiger charge is 2.20. The number of rotatable bonds is 6. The molecule has 0 spiro atoms. The average Bonchev–Trinajstić information content (AvgIpc) is 2.58. The second kappa shape index (κ2) is 7.60. The molecule has 2 aromatic carbocycles. The number of carbonyl (C=O) groups is 1. The van der Waals surface area contributed by atoms with Gasteiger partial charge in [-0.3, -0.25) is 4.79 Å². The van der Waals surface area contributed by atoms with Crippen molar-refractivity contribution < 1.29 is 9.90 Å². The van der Waals surface area contributed by atoms with Crippen molar-refractivity contribution in [1.82, 2.24) is 4.90 Å². The Bertz CT molecular complexity index is 667. The molecule has 0 amide bonds. The van der Waals surface area contributed by atoms with E-state index in [1.165, 1.54) is 29.2 Å². The smallest absolute Gasteiger partial charge is 0.303 e. The number of aliphatic carboxylic acids is 1. The third-order valence-corrected chi connectivity index (χ3v) is 4.90. The second-order valence-electron chi connectivity index (χ2n) is 6.67. The van der Waals surface area contributed by atoms with Crippen LogP contribution in [0.2, 0.25) is 0 Å². The highest BCUT2D eigenvalue weighted by molar-refractivity contribution is 5.82. The highest BCUT2D eigenvalue weighted by Crippen LogP contribution is 2.22. The predicted molar refractivity (Wildman–Crippen MR) is 93.7 cm³/mol. The van der Waals surface area contributed by atoms with E-state index >= 15 is 0 Å². The number of hydrogen-bond acceptors (Lipinski definition) is 2. The molecule has 0 saturated carbocycles. The van der Waals surface area contributed by atoms with E-state index in [-0.39, 0.29) is 0 Å². The van der Waals surface area contributed by atoms with Crippen molar-refractivity contribution in [1.29, 1.82) is 0 Å².